The van der Waals surface area contributed by atoms with Gasteiger partial charge >= 0.3 is 0 Å². The number of carbonyl (C=O) groups is 1. The molecule has 0 radical (unpaired) electrons. The first-order chi connectivity index (χ1) is 13.9. The van der Waals surface area contributed by atoms with Gasteiger partial charge in [-0.05, 0) is 64.7 Å². The number of aliphatic imine (C=N–C) groups is 1. The first-order valence-corrected chi connectivity index (χ1v) is 11.6. The Morgan fingerprint density at radius 3 is 2.59 bits per heavy atom. The van der Waals surface area contributed by atoms with Gasteiger partial charge in [0.25, 0.3) is 0 Å². The second-order valence-corrected chi connectivity index (χ2v) is 9.73. The molecule has 0 spiro atoms. The summed E-state index contributed by atoms with van der Waals surface area (Å²) in [4.78, 5) is 17.5. The highest BCUT2D eigenvalue weighted by Crippen LogP contribution is 2.32. The number of hydrazine groups is 1. The number of carbonyl (C=O) groups excluding carboxylic acids is 1. The quantitative estimate of drug-likeness (QED) is 0.317. The first-order valence-electron chi connectivity index (χ1n) is 11.1. The molecule has 1 amide bonds. The fourth-order valence-corrected chi connectivity index (χ4v) is 4.99. The molecule has 4 N–H and O–H groups in total. The minimum atomic E-state index is -0.110. The van der Waals surface area contributed by atoms with Gasteiger partial charge in [-0.1, -0.05) is 6.42 Å². The van der Waals surface area contributed by atoms with Crippen LogP contribution in [-0.2, 0) is 4.79 Å². The van der Waals surface area contributed by atoms with E-state index in [0.717, 1.165) is 51.4 Å². The maximum atomic E-state index is 12.8. The molecule has 162 valence electrons. The zero-order valence-corrected chi connectivity index (χ0v) is 18.3. The van der Waals surface area contributed by atoms with Gasteiger partial charge in [0.2, 0.25) is 5.91 Å². The number of nitriles is 1. The van der Waals surface area contributed by atoms with Gasteiger partial charge in [0, 0.05) is 35.7 Å². The summed E-state index contributed by atoms with van der Waals surface area (Å²) in [6, 6.07) is 2.87. The lowest BCUT2D eigenvalue weighted by molar-refractivity contribution is -0.124. The number of amides is 1. The molecule has 4 atom stereocenters. The maximum absolute atomic E-state index is 12.8. The van der Waals surface area contributed by atoms with Crippen molar-refractivity contribution in [1.82, 2.24) is 21.5 Å². The fraction of sp³-hybridized carbons (Fsp3) is 0.857. The van der Waals surface area contributed by atoms with Crippen molar-refractivity contribution in [2.45, 2.75) is 95.3 Å². The van der Waals surface area contributed by atoms with Crippen molar-refractivity contribution in [2.75, 3.05) is 0 Å². The Kier molecular flexibility index (Phi) is 8.16. The molecule has 1 aliphatic heterocycles. The molecule has 2 saturated carbocycles. The molecule has 2 aliphatic carbocycles. The van der Waals surface area contributed by atoms with Crippen molar-refractivity contribution in [3.8, 4) is 6.07 Å². The molecular weight excluding hydrogens is 388 g/mol. The highest BCUT2D eigenvalue weighted by molar-refractivity contribution is 6.20. The van der Waals surface area contributed by atoms with Gasteiger partial charge in [0.15, 0.2) is 5.96 Å². The number of hydrogen-bond acceptors (Lipinski definition) is 5. The molecule has 8 heteroatoms. The van der Waals surface area contributed by atoms with Gasteiger partial charge in [-0.3, -0.25) is 15.5 Å². The summed E-state index contributed by atoms with van der Waals surface area (Å²) in [6.07, 6.45) is 8.61. The van der Waals surface area contributed by atoms with Crippen molar-refractivity contribution >= 4 is 23.5 Å². The van der Waals surface area contributed by atoms with E-state index < -0.39 is 0 Å². The van der Waals surface area contributed by atoms with Gasteiger partial charge in [-0.2, -0.15) is 5.26 Å². The highest BCUT2D eigenvalue weighted by Gasteiger charge is 2.33. The van der Waals surface area contributed by atoms with Crippen LogP contribution in [0.4, 0.5) is 0 Å². The lowest BCUT2D eigenvalue weighted by atomic mass is 9.82. The molecule has 1 heterocycles. The SMILES string of the molecule is CC(C)N/C(=N\C1CC(C2CCC(Cl)CC2)NN1)NC(=O)C1CCCC(C#N)C1. The monoisotopic (exact) mass is 422 g/mol. The summed E-state index contributed by atoms with van der Waals surface area (Å²) >= 11 is 6.24. The Hall–Kier alpha value is -1.36. The summed E-state index contributed by atoms with van der Waals surface area (Å²) in [6.45, 7) is 4.06. The smallest absolute Gasteiger partial charge is 0.229 e. The van der Waals surface area contributed by atoms with E-state index in [0.29, 0.717) is 29.7 Å². The Bertz CT molecular complexity index is 625. The van der Waals surface area contributed by atoms with E-state index in [-0.39, 0.29) is 30.0 Å². The van der Waals surface area contributed by atoms with Crippen molar-refractivity contribution in [1.29, 1.82) is 5.26 Å². The van der Waals surface area contributed by atoms with Crippen LogP contribution in [0.5, 0.6) is 0 Å². The van der Waals surface area contributed by atoms with Crippen molar-refractivity contribution < 1.29 is 4.79 Å². The van der Waals surface area contributed by atoms with E-state index in [9.17, 15) is 10.1 Å². The van der Waals surface area contributed by atoms with Crippen LogP contribution in [0.3, 0.4) is 0 Å². The van der Waals surface area contributed by atoms with E-state index in [1.54, 1.807) is 0 Å². The van der Waals surface area contributed by atoms with Crippen LogP contribution in [-0.4, -0.2) is 35.5 Å². The number of hydrogen-bond donors (Lipinski definition) is 4. The lowest BCUT2D eigenvalue weighted by Crippen LogP contribution is -2.48. The molecule has 7 nitrogen and oxygen atoms in total. The molecular formula is C21H35ClN6O. The summed E-state index contributed by atoms with van der Waals surface area (Å²) in [5, 5.41) is 15.8. The van der Waals surface area contributed by atoms with Crippen molar-refractivity contribution in [3.63, 3.8) is 0 Å². The van der Waals surface area contributed by atoms with Gasteiger partial charge in [0.05, 0.1) is 6.07 Å². The largest absolute Gasteiger partial charge is 0.354 e. The van der Waals surface area contributed by atoms with Crippen LogP contribution in [0.15, 0.2) is 4.99 Å². The summed E-state index contributed by atoms with van der Waals surface area (Å²) in [7, 11) is 0. The topological polar surface area (TPSA) is 101 Å². The summed E-state index contributed by atoms with van der Waals surface area (Å²) in [5.74, 6) is 0.996. The number of nitrogens with zero attached hydrogens (tertiary/aromatic N) is 2. The third-order valence-corrected chi connectivity index (χ3v) is 6.80. The minimum Gasteiger partial charge on any atom is -0.354 e. The normalized spacial score (nSPS) is 35.9. The van der Waals surface area contributed by atoms with Crippen LogP contribution in [0.25, 0.3) is 0 Å². The van der Waals surface area contributed by atoms with E-state index in [4.69, 9.17) is 16.6 Å². The standard InChI is InChI=1S/C21H35ClN6O/c1-13(2)24-21(26-20(29)16-5-3-4-14(10-16)12-23)25-19-11-18(27-28-19)15-6-8-17(22)9-7-15/h13-19,27-28H,3-11H2,1-2H3,(H2,24,25,26,29). The molecule has 3 aliphatic rings. The van der Waals surface area contributed by atoms with E-state index in [1.165, 1.54) is 0 Å². The second kappa shape index (κ2) is 10.6. The number of guanidine groups is 1. The van der Waals surface area contributed by atoms with E-state index in [1.807, 2.05) is 13.8 Å². The lowest BCUT2D eigenvalue weighted by Gasteiger charge is -2.29. The van der Waals surface area contributed by atoms with Crippen LogP contribution >= 0.6 is 11.6 Å². The average Bonchev–Trinajstić information content (AvgIpc) is 3.16. The maximum Gasteiger partial charge on any atom is 0.229 e. The summed E-state index contributed by atoms with van der Waals surface area (Å²) < 4.78 is 0. The second-order valence-electron chi connectivity index (χ2n) is 9.11. The number of halogens is 1. The predicted molar refractivity (Wildman–Crippen MR) is 115 cm³/mol. The molecule has 0 aromatic rings. The first kappa shape index (κ1) is 22.3. The van der Waals surface area contributed by atoms with Gasteiger partial charge in [0.1, 0.15) is 6.17 Å². The number of rotatable bonds is 4. The molecule has 3 fully saturated rings. The zero-order valence-electron chi connectivity index (χ0n) is 17.6. The van der Waals surface area contributed by atoms with E-state index >= 15 is 0 Å². The van der Waals surface area contributed by atoms with Crippen LogP contribution in [0.1, 0.15) is 71.6 Å². The Labute approximate surface area is 179 Å². The van der Waals surface area contributed by atoms with Crippen molar-refractivity contribution in [3.05, 3.63) is 0 Å². The van der Waals surface area contributed by atoms with Crippen LogP contribution < -0.4 is 21.5 Å². The Morgan fingerprint density at radius 1 is 1.14 bits per heavy atom. The number of nitrogens with one attached hydrogen (secondary N) is 4. The predicted octanol–water partition coefficient (Wildman–Crippen LogP) is 2.78. The minimum absolute atomic E-state index is 0.0116. The molecule has 0 aromatic heterocycles. The molecule has 29 heavy (non-hydrogen) atoms. The highest BCUT2D eigenvalue weighted by atomic mass is 35.5. The molecule has 3 rings (SSSR count). The van der Waals surface area contributed by atoms with Gasteiger partial charge in [-0.15, -0.1) is 11.6 Å². The summed E-state index contributed by atoms with van der Waals surface area (Å²) in [5.41, 5.74) is 6.69. The third-order valence-electron chi connectivity index (χ3n) is 6.36. The molecule has 0 aromatic carbocycles. The zero-order chi connectivity index (χ0) is 20.8. The average molecular weight is 423 g/mol. The van der Waals surface area contributed by atoms with Gasteiger partial charge < -0.3 is 5.32 Å². The third kappa shape index (κ3) is 6.56. The Balaban J connectivity index is 1.57. The molecule has 4 unspecified atom stereocenters. The Morgan fingerprint density at radius 2 is 1.90 bits per heavy atom. The van der Waals surface area contributed by atoms with Gasteiger partial charge in [-0.25, -0.2) is 10.4 Å². The molecule has 0 bridgehead atoms. The molecule has 1 saturated heterocycles. The fourth-order valence-electron chi connectivity index (χ4n) is 4.74. The van der Waals surface area contributed by atoms with E-state index in [2.05, 4.69) is 27.6 Å². The van der Waals surface area contributed by atoms with Crippen LogP contribution in [0.2, 0.25) is 0 Å². The van der Waals surface area contributed by atoms with Crippen molar-refractivity contribution in [2.24, 2.45) is 22.7 Å². The van der Waals surface area contributed by atoms with Crippen LogP contribution in [0, 0.1) is 29.1 Å². The number of alkyl halides is 1.